The van der Waals surface area contributed by atoms with Gasteiger partial charge in [-0.3, -0.25) is 9.59 Å². The van der Waals surface area contributed by atoms with Crippen LogP contribution in [0.1, 0.15) is 28.9 Å². The topological polar surface area (TPSA) is 70.2 Å². The third kappa shape index (κ3) is 5.65. The van der Waals surface area contributed by atoms with Gasteiger partial charge in [0.25, 0.3) is 5.91 Å². The Kier molecular flexibility index (Phi) is 6.58. The summed E-state index contributed by atoms with van der Waals surface area (Å²) >= 11 is 0. The standard InChI is InChI=1S/C23H22FN3O2/c1-16(17-8-3-2-4-9-17)26-23(29)18-10-7-11-19(14-18)27-22(28)15-25-21-13-6-5-12-20(21)24/h2-14,16,25H,15H2,1H3,(H,26,29)(H,27,28). The SMILES string of the molecule is CC(NC(=O)c1cccc(NC(=O)CNc2ccccc2F)c1)c1ccccc1. The number of benzene rings is 3. The molecular weight excluding hydrogens is 369 g/mol. The summed E-state index contributed by atoms with van der Waals surface area (Å²) in [5.74, 6) is -1.00. The highest BCUT2D eigenvalue weighted by Crippen LogP contribution is 2.15. The van der Waals surface area contributed by atoms with Gasteiger partial charge in [-0.1, -0.05) is 48.5 Å². The van der Waals surface area contributed by atoms with E-state index in [2.05, 4.69) is 16.0 Å². The first-order valence-corrected chi connectivity index (χ1v) is 9.27. The number of para-hydroxylation sites is 1. The lowest BCUT2D eigenvalue weighted by atomic mass is 10.1. The first-order valence-electron chi connectivity index (χ1n) is 9.27. The van der Waals surface area contributed by atoms with Gasteiger partial charge in [0.2, 0.25) is 5.91 Å². The van der Waals surface area contributed by atoms with Crippen LogP contribution in [-0.4, -0.2) is 18.4 Å². The molecule has 0 aliphatic carbocycles. The van der Waals surface area contributed by atoms with Crippen LogP contribution < -0.4 is 16.0 Å². The molecule has 0 aliphatic rings. The largest absolute Gasteiger partial charge is 0.374 e. The van der Waals surface area contributed by atoms with Gasteiger partial charge in [0.05, 0.1) is 18.3 Å². The highest BCUT2D eigenvalue weighted by Gasteiger charge is 2.12. The molecule has 3 aromatic rings. The van der Waals surface area contributed by atoms with Gasteiger partial charge in [0.1, 0.15) is 5.82 Å². The van der Waals surface area contributed by atoms with Crippen molar-refractivity contribution in [2.75, 3.05) is 17.2 Å². The molecule has 0 radical (unpaired) electrons. The first-order chi connectivity index (χ1) is 14.0. The van der Waals surface area contributed by atoms with Crippen LogP contribution in [-0.2, 0) is 4.79 Å². The fourth-order valence-corrected chi connectivity index (χ4v) is 2.83. The molecule has 0 heterocycles. The van der Waals surface area contributed by atoms with Crippen LogP contribution in [0, 0.1) is 5.82 Å². The summed E-state index contributed by atoms with van der Waals surface area (Å²) in [7, 11) is 0. The lowest BCUT2D eigenvalue weighted by Gasteiger charge is -2.15. The molecule has 0 spiro atoms. The van der Waals surface area contributed by atoms with Gasteiger partial charge in [0, 0.05) is 11.3 Å². The molecule has 0 saturated carbocycles. The third-order valence-electron chi connectivity index (χ3n) is 4.37. The predicted octanol–water partition coefficient (Wildman–Crippen LogP) is 4.37. The molecule has 2 amide bonds. The molecule has 0 saturated heterocycles. The molecule has 1 atom stereocenters. The molecule has 148 valence electrons. The van der Waals surface area contributed by atoms with Crippen molar-refractivity contribution in [2.24, 2.45) is 0 Å². The van der Waals surface area contributed by atoms with E-state index in [9.17, 15) is 14.0 Å². The summed E-state index contributed by atoms with van der Waals surface area (Å²) in [6.45, 7) is 1.82. The van der Waals surface area contributed by atoms with Gasteiger partial charge in [0.15, 0.2) is 0 Å². The molecule has 3 N–H and O–H groups in total. The molecule has 29 heavy (non-hydrogen) atoms. The molecule has 0 fully saturated rings. The van der Waals surface area contributed by atoms with E-state index < -0.39 is 5.82 Å². The smallest absolute Gasteiger partial charge is 0.251 e. The second kappa shape index (κ2) is 9.50. The fourth-order valence-electron chi connectivity index (χ4n) is 2.83. The first kappa shape index (κ1) is 20.1. The van der Waals surface area contributed by atoms with Crippen LogP contribution in [0.3, 0.4) is 0 Å². The molecule has 1 unspecified atom stereocenters. The van der Waals surface area contributed by atoms with Gasteiger partial charge in [-0.2, -0.15) is 0 Å². The van der Waals surface area contributed by atoms with Gasteiger partial charge >= 0.3 is 0 Å². The second-order valence-corrected chi connectivity index (χ2v) is 6.57. The minimum Gasteiger partial charge on any atom is -0.374 e. The third-order valence-corrected chi connectivity index (χ3v) is 4.37. The van der Waals surface area contributed by atoms with Crippen molar-refractivity contribution in [2.45, 2.75) is 13.0 Å². The van der Waals surface area contributed by atoms with E-state index in [4.69, 9.17) is 0 Å². The van der Waals surface area contributed by atoms with Crippen LogP contribution in [0.15, 0.2) is 78.9 Å². The van der Waals surface area contributed by atoms with E-state index in [-0.39, 0.29) is 30.1 Å². The lowest BCUT2D eigenvalue weighted by Crippen LogP contribution is -2.27. The van der Waals surface area contributed by atoms with Crippen LogP contribution in [0.25, 0.3) is 0 Å². The Morgan fingerprint density at radius 3 is 2.41 bits per heavy atom. The van der Waals surface area contributed by atoms with Crippen molar-refractivity contribution in [3.8, 4) is 0 Å². The maximum absolute atomic E-state index is 13.6. The number of amides is 2. The summed E-state index contributed by atoms with van der Waals surface area (Å²) in [5, 5.41) is 8.40. The number of hydrogen-bond acceptors (Lipinski definition) is 3. The highest BCUT2D eigenvalue weighted by molar-refractivity contribution is 5.98. The van der Waals surface area contributed by atoms with E-state index in [1.807, 2.05) is 37.3 Å². The number of nitrogens with one attached hydrogen (secondary N) is 3. The zero-order chi connectivity index (χ0) is 20.6. The minimum absolute atomic E-state index is 0.0948. The number of halogens is 1. The molecule has 6 heteroatoms. The monoisotopic (exact) mass is 391 g/mol. The number of hydrogen-bond donors (Lipinski definition) is 3. The number of carbonyl (C=O) groups excluding carboxylic acids is 2. The van der Waals surface area contributed by atoms with Gasteiger partial charge < -0.3 is 16.0 Å². The number of carbonyl (C=O) groups is 2. The Balaban J connectivity index is 1.58. The second-order valence-electron chi connectivity index (χ2n) is 6.57. The summed E-state index contributed by atoms with van der Waals surface area (Å²) in [6, 6.07) is 22.3. The molecule has 0 bridgehead atoms. The Bertz CT molecular complexity index is 992. The Morgan fingerprint density at radius 1 is 0.931 bits per heavy atom. The van der Waals surface area contributed by atoms with Crippen LogP contribution in [0.5, 0.6) is 0 Å². The minimum atomic E-state index is -0.425. The van der Waals surface area contributed by atoms with E-state index in [1.165, 1.54) is 6.07 Å². The molecule has 3 rings (SSSR count). The molecule has 0 aromatic heterocycles. The number of anilines is 2. The van der Waals surface area contributed by atoms with Crippen LogP contribution >= 0.6 is 0 Å². The average Bonchev–Trinajstić information content (AvgIpc) is 2.74. The quantitative estimate of drug-likeness (QED) is 0.560. The lowest BCUT2D eigenvalue weighted by molar-refractivity contribution is -0.114. The zero-order valence-corrected chi connectivity index (χ0v) is 16.0. The average molecular weight is 391 g/mol. The summed E-state index contributed by atoms with van der Waals surface area (Å²) in [5.41, 5.74) is 2.19. The van der Waals surface area contributed by atoms with E-state index in [0.717, 1.165) is 5.56 Å². The number of rotatable bonds is 7. The van der Waals surface area contributed by atoms with Crippen molar-refractivity contribution in [3.63, 3.8) is 0 Å². The Morgan fingerprint density at radius 2 is 1.66 bits per heavy atom. The van der Waals surface area contributed by atoms with Crippen molar-refractivity contribution >= 4 is 23.2 Å². The van der Waals surface area contributed by atoms with Crippen LogP contribution in [0.2, 0.25) is 0 Å². The Labute approximate surface area is 169 Å². The van der Waals surface area contributed by atoms with Crippen LogP contribution in [0.4, 0.5) is 15.8 Å². The predicted molar refractivity (Wildman–Crippen MR) is 112 cm³/mol. The molecule has 3 aromatic carbocycles. The maximum atomic E-state index is 13.6. The summed E-state index contributed by atoms with van der Waals surface area (Å²) < 4.78 is 13.6. The molecule has 5 nitrogen and oxygen atoms in total. The summed E-state index contributed by atoms with van der Waals surface area (Å²) in [4.78, 5) is 24.7. The van der Waals surface area contributed by atoms with Gasteiger partial charge in [-0.25, -0.2) is 4.39 Å². The van der Waals surface area contributed by atoms with Gasteiger partial charge in [-0.05, 0) is 42.8 Å². The maximum Gasteiger partial charge on any atom is 0.251 e. The molecule has 0 aliphatic heterocycles. The molecular formula is C23H22FN3O2. The highest BCUT2D eigenvalue weighted by atomic mass is 19.1. The van der Waals surface area contributed by atoms with E-state index in [1.54, 1.807) is 42.5 Å². The van der Waals surface area contributed by atoms with Crippen molar-refractivity contribution in [1.29, 1.82) is 0 Å². The Hall–Kier alpha value is -3.67. The fraction of sp³-hybridized carbons (Fsp3) is 0.130. The van der Waals surface area contributed by atoms with E-state index in [0.29, 0.717) is 11.3 Å². The van der Waals surface area contributed by atoms with Crippen molar-refractivity contribution in [1.82, 2.24) is 5.32 Å². The van der Waals surface area contributed by atoms with Gasteiger partial charge in [-0.15, -0.1) is 0 Å². The zero-order valence-electron chi connectivity index (χ0n) is 16.0. The summed E-state index contributed by atoms with van der Waals surface area (Å²) in [6.07, 6.45) is 0. The van der Waals surface area contributed by atoms with Crippen molar-refractivity contribution < 1.29 is 14.0 Å². The van der Waals surface area contributed by atoms with E-state index >= 15 is 0 Å². The normalized spacial score (nSPS) is 11.4. The van der Waals surface area contributed by atoms with Crippen molar-refractivity contribution in [3.05, 3.63) is 95.8 Å².